The van der Waals surface area contributed by atoms with Crippen molar-refractivity contribution in [2.75, 3.05) is 11.9 Å². The maximum atomic E-state index is 13.1. The van der Waals surface area contributed by atoms with Gasteiger partial charge in [-0.15, -0.1) is 11.3 Å². The van der Waals surface area contributed by atoms with Gasteiger partial charge in [-0.1, -0.05) is 25.5 Å². The van der Waals surface area contributed by atoms with Gasteiger partial charge in [-0.2, -0.15) is 13.2 Å². The fraction of sp³-hybridized carbons (Fsp3) is 0.333. The Balaban J connectivity index is 2.36. The molecule has 26 heavy (non-hydrogen) atoms. The average Bonchev–Trinajstić information content (AvgIpc) is 2.97. The van der Waals surface area contributed by atoms with Gasteiger partial charge >= 0.3 is 12.1 Å². The van der Waals surface area contributed by atoms with Crippen LogP contribution in [0.25, 0.3) is 0 Å². The Bertz CT molecular complexity index is 799. The first kappa shape index (κ1) is 20.0. The van der Waals surface area contributed by atoms with E-state index in [1.54, 1.807) is 13.0 Å². The number of aryl methyl sites for hydroxylation is 1. The van der Waals surface area contributed by atoms with E-state index in [0.29, 0.717) is 6.42 Å². The number of rotatable bonds is 6. The fourth-order valence-electron chi connectivity index (χ4n) is 2.36. The average molecular weight is 385 g/mol. The number of carbonyl (C=O) groups excluding carboxylic acids is 2. The molecule has 2 aromatic rings. The quantitative estimate of drug-likeness (QED) is 0.700. The van der Waals surface area contributed by atoms with Gasteiger partial charge in [0.2, 0.25) is 0 Å². The fourth-order valence-corrected chi connectivity index (χ4v) is 3.50. The molecule has 1 aromatic heterocycles. The van der Waals surface area contributed by atoms with Crippen LogP contribution in [0.1, 0.15) is 51.4 Å². The zero-order chi connectivity index (χ0) is 19.3. The van der Waals surface area contributed by atoms with E-state index >= 15 is 0 Å². The Kier molecular flexibility index (Phi) is 6.42. The molecule has 4 nitrogen and oxygen atoms in total. The van der Waals surface area contributed by atoms with Gasteiger partial charge in [-0.3, -0.25) is 4.79 Å². The Morgan fingerprint density at radius 1 is 1.15 bits per heavy atom. The van der Waals surface area contributed by atoms with Gasteiger partial charge in [0, 0.05) is 4.88 Å². The second kappa shape index (κ2) is 8.35. The minimum atomic E-state index is -4.65. The third kappa shape index (κ3) is 4.63. The molecule has 0 aliphatic heterocycles. The summed E-state index contributed by atoms with van der Waals surface area (Å²) in [7, 11) is 0. The summed E-state index contributed by atoms with van der Waals surface area (Å²) in [6, 6.07) is 6.12. The summed E-state index contributed by atoms with van der Waals surface area (Å²) in [5.74, 6) is -1.54. The van der Waals surface area contributed by atoms with Gasteiger partial charge in [0.25, 0.3) is 5.91 Å². The van der Waals surface area contributed by atoms with Gasteiger partial charge in [-0.05, 0) is 31.5 Å². The van der Waals surface area contributed by atoms with Gasteiger partial charge in [0.1, 0.15) is 5.00 Å². The van der Waals surface area contributed by atoms with Crippen LogP contribution in [-0.2, 0) is 17.3 Å². The number of hydrogen-bond donors (Lipinski definition) is 1. The highest BCUT2D eigenvalue weighted by Gasteiger charge is 2.35. The molecule has 1 N–H and O–H groups in total. The Hall–Kier alpha value is -2.35. The molecule has 0 radical (unpaired) electrons. The molecule has 1 heterocycles. The third-order valence-corrected chi connectivity index (χ3v) is 4.59. The smallest absolute Gasteiger partial charge is 0.417 e. The lowest BCUT2D eigenvalue weighted by molar-refractivity contribution is -0.137. The van der Waals surface area contributed by atoms with Gasteiger partial charge in [0.05, 0.1) is 23.3 Å². The monoisotopic (exact) mass is 385 g/mol. The van der Waals surface area contributed by atoms with Crippen molar-refractivity contribution < 1.29 is 27.5 Å². The minimum Gasteiger partial charge on any atom is -0.462 e. The molecule has 0 fully saturated rings. The maximum absolute atomic E-state index is 13.1. The summed E-state index contributed by atoms with van der Waals surface area (Å²) in [5.41, 5.74) is -1.38. The molecule has 0 atom stereocenters. The van der Waals surface area contributed by atoms with Crippen LogP contribution < -0.4 is 5.32 Å². The van der Waals surface area contributed by atoms with Gasteiger partial charge in [0.15, 0.2) is 0 Å². The molecule has 0 bridgehead atoms. The molecule has 0 aliphatic rings. The highest BCUT2D eigenvalue weighted by molar-refractivity contribution is 7.16. The predicted octanol–water partition coefficient (Wildman–Crippen LogP) is 5.15. The molecule has 8 heteroatoms. The Morgan fingerprint density at radius 3 is 2.46 bits per heavy atom. The minimum absolute atomic E-state index is 0.151. The van der Waals surface area contributed by atoms with Crippen molar-refractivity contribution >= 4 is 28.2 Å². The second-order valence-corrected chi connectivity index (χ2v) is 6.56. The summed E-state index contributed by atoms with van der Waals surface area (Å²) in [5, 5.41) is 2.62. The lowest BCUT2D eigenvalue weighted by atomic mass is 10.1. The number of hydrogen-bond acceptors (Lipinski definition) is 4. The Labute approximate surface area is 153 Å². The highest BCUT2D eigenvalue weighted by atomic mass is 32.1. The van der Waals surface area contributed by atoms with E-state index in [2.05, 4.69) is 5.32 Å². The summed E-state index contributed by atoms with van der Waals surface area (Å²) < 4.78 is 44.3. The molecule has 2 rings (SSSR count). The van der Waals surface area contributed by atoms with E-state index in [1.165, 1.54) is 12.1 Å². The number of halogens is 3. The summed E-state index contributed by atoms with van der Waals surface area (Å²) in [4.78, 5) is 25.3. The normalized spacial score (nSPS) is 11.3. The molecule has 0 saturated heterocycles. The number of alkyl halides is 3. The highest BCUT2D eigenvalue weighted by Crippen LogP contribution is 2.34. The second-order valence-electron chi connectivity index (χ2n) is 5.42. The van der Waals surface area contributed by atoms with E-state index in [1.807, 2.05) is 6.92 Å². The first-order valence-electron chi connectivity index (χ1n) is 8.05. The Morgan fingerprint density at radius 2 is 1.85 bits per heavy atom. The summed E-state index contributed by atoms with van der Waals surface area (Å²) in [6.45, 7) is 3.76. The number of nitrogens with one attached hydrogen (secondary N) is 1. The zero-order valence-corrected chi connectivity index (χ0v) is 15.1. The molecule has 1 amide bonds. The molecular formula is C18H18F3NO3S. The van der Waals surface area contributed by atoms with E-state index in [-0.39, 0.29) is 17.2 Å². The first-order valence-corrected chi connectivity index (χ1v) is 8.87. The molecule has 0 spiro atoms. The van der Waals surface area contributed by atoms with Gasteiger partial charge in [-0.25, -0.2) is 4.79 Å². The van der Waals surface area contributed by atoms with E-state index in [4.69, 9.17) is 4.74 Å². The molecule has 0 aliphatic carbocycles. The first-order chi connectivity index (χ1) is 12.3. The van der Waals surface area contributed by atoms with Crippen LogP contribution in [0.5, 0.6) is 0 Å². The molecule has 0 saturated carbocycles. The number of carbonyl (C=O) groups is 2. The lowest BCUT2D eigenvalue weighted by Crippen LogP contribution is -2.19. The van der Waals surface area contributed by atoms with Crippen LogP contribution in [0.3, 0.4) is 0 Å². The van der Waals surface area contributed by atoms with Crippen molar-refractivity contribution in [2.45, 2.75) is 32.9 Å². The molecule has 1 aromatic carbocycles. The summed E-state index contributed by atoms with van der Waals surface area (Å²) in [6.07, 6.45) is -3.14. The van der Waals surface area contributed by atoms with E-state index in [0.717, 1.165) is 34.8 Å². The van der Waals surface area contributed by atoms with Crippen LogP contribution >= 0.6 is 11.3 Å². The number of ether oxygens (including phenoxy) is 1. The number of amides is 1. The number of anilines is 1. The van der Waals surface area contributed by atoms with Crippen molar-refractivity contribution in [3.8, 4) is 0 Å². The topological polar surface area (TPSA) is 55.4 Å². The van der Waals surface area contributed by atoms with Crippen LogP contribution in [-0.4, -0.2) is 18.5 Å². The summed E-state index contributed by atoms with van der Waals surface area (Å²) >= 11 is 1.16. The lowest BCUT2D eigenvalue weighted by Gasteiger charge is -2.12. The van der Waals surface area contributed by atoms with E-state index in [9.17, 15) is 22.8 Å². The SMILES string of the molecule is CCCc1cc(C(=O)OCC)c(NC(=O)c2ccccc2C(F)(F)F)s1. The van der Waals surface area contributed by atoms with Crippen LogP contribution in [0, 0.1) is 0 Å². The van der Waals surface area contributed by atoms with Crippen LogP contribution in [0.4, 0.5) is 18.2 Å². The number of benzene rings is 1. The number of esters is 1. The third-order valence-electron chi connectivity index (χ3n) is 3.48. The van der Waals surface area contributed by atoms with Crippen molar-refractivity contribution in [2.24, 2.45) is 0 Å². The van der Waals surface area contributed by atoms with Crippen LogP contribution in [0.15, 0.2) is 30.3 Å². The van der Waals surface area contributed by atoms with Crippen molar-refractivity contribution in [1.29, 1.82) is 0 Å². The maximum Gasteiger partial charge on any atom is 0.417 e. The largest absolute Gasteiger partial charge is 0.462 e. The standard InChI is InChI=1S/C18H18F3NO3S/c1-3-7-11-10-13(17(24)25-4-2)16(26-11)22-15(23)12-8-5-6-9-14(12)18(19,20)21/h5-6,8-10H,3-4,7H2,1-2H3,(H,22,23). The predicted molar refractivity (Wildman–Crippen MR) is 93.7 cm³/mol. The van der Waals surface area contributed by atoms with Gasteiger partial charge < -0.3 is 10.1 Å². The van der Waals surface area contributed by atoms with Crippen molar-refractivity contribution in [3.05, 3.63) is 51.9 Å². The van der Waals surface area contributed by atoms with Crippen molar-refractivity contribution in [1.82, 2.24) is 0 Å². The number of thiophene rings is 1. The van der Waals surface area contributed by atoms with Crippen molar-refractivity contribution in [3.63, 3.8) is 0 Å². The van der Waals surface area contributed by atoms with E-state index < -0.39 is 29.2 Å². The molecular weight excluding hydrogens is 367 g/mol. The molecule has 0 unspecified atom stereocenters. The zero-order valence-electron chi connectivity index (χ0n) is 14.3. The van der Waals surface area contributed by atoms with Crippen LogP contribution in [0.2, 0.25) is 0 Å². The molecule has 140 valence electrons.